The topological polar surface area (TPSA) is 59.2 Å². The molecular formula is C11H10Cl2N2O2. The van der Waals surface area contributed by atoms with Crippen LogP contribution in [0, 0.1) is 0 Å². The number of halogens is 2. The third-order valence-corrected chi connectivity index (χ3v) is 3.03. The Labute approximate surface area is 108 Å². The van der Waals surface area contributed by atoms with Gasteiger partial charge < -0.3 is 9.63 Å². The molecule has 1 aromatic heterocycles. The number of benzene rings is 1. The standard InChI is InChI=1S/C11H10Cl2N2O2/c1-2-9(16)10-14-11(17-15-10)6-3-4-7(12)8(13)5-6/h3-5,9,16H,2H2,1H3. The van der Waals surface area contributed by atoms with E-state index >= 15 is 0 Å². The van der Waals surface area contributed by atoms with Gasteiger partial charge in [-0.1, -0.05) is 35.3 Å². The highest BCUT2D eigenvalue weighted by atomic mass is 35.5. The third-order valence-electron chi connectivity index (χ3n) is 2.29. The maximum absolute atomic E-state index is 9.56. The van der Waals surface area contributed by atoms with Gasteiger partial charge in [-0.15, -0.1) is 0 Å². The summed E-state index contributed by atoms with van der Waals surface area (Å²) in [5.74, 6) is 0.583. The molecule has 0 amide bonds. The molecule has 0 saturated carbocycles. The first-order valence-electron chi connectivity index (χ1n) is 5.09. The van der Waals surface area contributed by atoms with Crippen LogP contribution in [0.15, 0.2) is 22.7 Å². The highest BCUT2D eigenvalue weighted by Crippen LogP contribution is 2.28. The number of aliphatic hydroxyl groups excluding tert-OH is 1. The normalized spacial score (nSPS) is 12.7. The molecule has 0 aliphatic heterocycles. The first-order valence-corrected chi connectivity index (χ1v) is 5.84. The van der Waals surface area contributed by atoms with Gasteiger partial charge in [-0.3, -0.25) is 0 Å². The van der Waals surface area contributed by atoms with E-state index in [1.54, 1.807) is 18.2 Å². The van der Waals surface area contributed by atoms with Crippen molar-refractivity contribution in [3.8, 4) is 11.5 Å². The van der Waals surface area contributed by atoms with Crippen LogP contribution in [0.3, 0.4) is 0 Å². The maximum Gasteiger partial charge on any atom is 0.258 e. The van der Waals surface area contributed by atoms with Crippen LogP contribution >= 0.6 is 23.2 Å². The quantitative estimate of drug-likeness (QED) is 0.929. The molecule has 0 aliphatic carbocycles. The van der Waals surface area contributed by atoms with Crippen molar-refractivity contribution in [2.75, 3.05) is 0 Å². The largest absolute Gasteiger partial charge is 0.385 e. The van der Waals surface area contributed by atoms with Crippen LogP contribution in [0.25, 0.3) is 11.5 Å². The highest BCUT2D eigenvalue weighted by Gasteiger charge is 2.15. The molecule has 0 aliphatic rings. The maximum atomic E-state index is 9.56. The molecule has 1 atom stereocenters. The average Bonchev–Trinajstić information content (AvgIpc) is 2.81. The SMILES string of the molecule is CCC(O)c1noc(-c2ccc(Cl)c(Cl)c2)n1. The molecule has 0 spiro atoms. The smallest absolute Gasteiger partial charge is 0.258 e. The van der Waals surface area contributed by atoms with E-state index in [0.29, 0.717) is 27.9 Å². The van der Waals surface area contributed by atoms with Gasteiger partial charge >= 0.3 is 0 Å². The lowest BCUT2D eigenvalue weighted by molar-refractivity contribution is 0.159. The summed E-state index contributed by atoms with van der Waals surface area (Å²) in [5, 5.41) is 14.1. The Kier molecular flexibility index (Phi) is 3.66. The molecule has 1 N–H and O–H groups in total. The molecule has 90 valence electrons. The number of nitrogens with zero attached hydrogens (tertiary/aromatic N) is 2. The monoisotopic (exact) mass is 272 g/mol. The van der Waals surface area contributed by atoms with E-state index in [0.717, 1.165) is 0 Å². The molecular weight excluding hydrogens is 263 g/mol. The fraction of sp³-hybridized carbons (Fsp3) is 0.273. The molecule has 17 heavy (non-hydrogen) atoms. The Morgan fingerprint density at radius 3 is 2.76 bits per heavy atom. The predicted molar refractivity (Wildman–Crippen MR) is 65.0 cm³/mol. The lowest BCUT2D eigenvalue weighted by atomic mass is 10.2. The van der Waals surface area contributed by atoms with Gasteiger partial charge in [0.25, 0.3) is 5.89 Å². The first kappa shape index (κ1) is 12.4. The summed E-state index contributed by atoms with van der Waals surface area (Å²) in [6.07, 6.45) is -0.185. The minimum absolute atomic E-state index is 0.272. The van der Waals surface area contributed by atoms with Crippen LogP contribution in [0.1, 0.15) is 25.3 Å². The Balaban J connectivity index is 2.33. The minimum atomic E-state index is -0.713. The minimum Gasteiger partial charge on any atom is -0.385 e. The summed E-state index contributed by atoms with van der Waals surface area (Å²) in [6, 6.07) is 5.02. The Morgan fingerprint density at radius 2 is 2.12 bits per heavy atom. The van der Waals surface area contributed by atoms with E-state index in [2.05, 4.69) is 10.1 Å². The second-order valence-corrected chi connectivity index (χ2v) is 4.33. The van der Waals surface area contributed by atoms with Crippen molar-refractivity contribution < 1.29 is 9.63 Å². The summed E-state index contributed by atoms with van der Waals surface area (Å²) in [6.45, 7) is 1.83. The summed E-state index contributed by atoms with van der Waals surface area (Å²) in [4.78, 5) is 4.09. The Hall–Kier alpha value is -1.10. The molecule has 0 saturated heterocycles. The molecule has 1 aromatic carbocycles. The van der Waals surface area contributed by atoms with Crippen molar-refractivity contribution >= 4 is 23.2 Å². The molecule has 6 heteroatoms. The number of aliphatic hydroxyl groups is 1. The molecule has 1 unspecified atom stereocenters. The van der Waals surface area contributed by atoms with Gasteiger partial charge in [0, 0.05) is 5.56 Å². The fourth-order valence-electron chi connectivity index (χ4n) is 1.30. The van der Waals surface area contributed by atoms with Crippen LogP contribution in [0.4, 0.5) is 0 Å². The summed E-state index contributed by atoms with van der Waals surface area (Å²) < 4.78 is 5.05. The summed E-state index contributed by atoms with van der Waals surface area (Å²) in [5.41, 5.74) is 0.668. The molecule has 0 radical (unpaired) electrons. The van der Waals surface area contributed by atoms with Crippen LogP contribution < -0.4 is 0 Å². The van der Waals surface area contributed by atoms with Crippen molar-refractivity contribution in [3.05, 3.63) is 34.1 Å². The molecule has 4 nitrogen and oxygen atoms in total. The van der Waals surface area contributed by atoms with E-state index < -0.39 is 6.10 Å². The number of hydrogen-bond acceptors (Lipinski definition) is 4. The molecule has 0 fully saturated rings. The van der Waals surface area contributed by atoms with Gasteiger partial charge in [0.1, 0.15) is 6.10 Å². The molecule has 1 heterocycles. The van der Waals surface area contributed by atoms with E-state index in [1.165, 1.54) is 0 Å². The molecule has 2 rings (SSSR count). The van der Waals surface area contributed by atoms with Crippen molar-refractivity contribution in [2.45, 2.75) is 19.4 Å². The fourth-order valence-corrected chi connectivity index (χ4v) is 1.60. The van der Waals surface area contributed by atoms with Crippen molar-refractivity contribution in [1.29, 1.82) is 0 Å². The summed E-state index contributed by atoms with van der Waals surface area (Å²) >= 11 is 11.7. The van der Waals surface area contributed by atoms with Gasteiger partial charge in [-0.25, -0.2) is 0 Å². The third kappa shape index (κ3) is 2.60. The zero-order valence-electron chi connectivity index (χ0n) is 9.02. The first-order chi connectivity index (χ1) is 8.11. The average molecular weight is 273 g/mol. The van der Waals surface area contributed by atoms with Gasteiger partial charge in [0.15, 0.2) is 0 Å². The van der Waals surface area contributed by atoms with Crippen LogP contribution in [-0.2, 0) is 0 Å². The lowest BCUT2D eigenvalue weighted by Gasteiger charge is -1.99. The highest BCUT2D eigenvalue weighted by molar-refractivity contribution is 6.42. The number of hydrogen-bond donors (Lipinski definition) is 1. The summed E-state index contributed by atoms with van der Waals surface area (Å²) in [7, 11) is 0. The van der Waals surface area contributed by atoms with E-state index in [1.807, 2.05) is 6.92 Å². The number of aromatic nitrogens is 2. The van der Waals surface area contributed by atoms with Crippen LogP contribution in [0.2, 0.25) is 10.0 Å². The second kappa shape index (κ2) is 5.04. The van der Waals surface area contributed by atoms with E-state index in [9.17, 15) is 5.11 Å². The van der Waals surface area contributed by atoms with Gasteiger partial charge in [0.05, 0.1) is 10.0 Å². The molecule has 2 aromatic rings. The van der Waals surface area contributed by atoms with Crippen molar-refractivity contribution in [2.24, 2.45) is 0 Å². The van der Waals surface area contributed by atoms with E-state index in [4.69, 9.17) is 27.7 Å². The van der Waals surface area contributed by atoms with Crippen LogP contribution in [-0.4, -0.2) is 15.2 Å². The van der Waals surface area contributed by atoms with Gasteiger partial charge in [-0.05, 0) is 24.6 Å². The Morgan fingerprint density at radius 1 is 1.35 bits per heavy atom. The van der Waals surface area contributed by atoms with Crippen LogP contribution in [0.5, 0.6) is 0 Å². The predicted octanol–water partition coefficient (Wildman–Crippen LogP) is 3.49. The molecule has 0 bridgehead atoms. The number of rotatable bonds is 3. The lowest BCUT2D eigenvalue weighted by Crippen LogP contribution is -1.97. The Bertz CT molecular complexity index is 528. The van der Waals surface area contributed by atoms with Crippen molar-refractivity contribution in [3.63, 3.8) is 0 Å². The zero-order chi connectivity index (χ0) is 12.4. The van der Waals surface area contributed by atoms with Gasteiger partial charge in [-0.2, -0.15) is 4.98 Å². The van der Waals surface area contributed by atoms with E-state index in [-0.39, 0.29) is 5.82 Å². The second-order valence-electron chi connectivity index (χ2n) is 3.51. The zero-order valence-corrected chi connectivity index (χ0v) is 10.5. The van der Waals surface area contributed by atoms with Crippen molar-refractivity contribution in [1.82, 2.24) is 10.1 Å². The van der Waals surface area contributed by atoms with Gasteiger partial charge in [0.2, 0.25) is 5.82 Å².